The largest absolute Gasteiger partial charge is 0.381 e. The van der Waals surface area contributed by atoms with Crippen molar-refractivity contribution in [2.45, 2.75) is 38.5 Å². The lowest BCUT2D eigenvalue weighted by molar-refractivity contribution is 0.0276. The van der Waals surface area contributed by atoms with Gasteiger partial charge in [-0.1, -0.05) is 6.42 Å². The first-order valence-electron chi connectivity index (χ1n) is 4.95. The quantitative estimate of drug-likeness (QED) is 0.517. The van der Waals surface area contributed by atoms with E-state index in [-0.39, 0.29) is 0 Å². The van der Waals surface area contributed by atoms with E-state index >= 15 is 0 Å². The molecule has 0 unspecified atom stereocenters. The van der Waals surface area contributed by atoms with Crippen LogP contribution >= 0.6 is 0 Å². The van der Waals surface area contributed by atoms with Gasteiger partial charge in [-0.15, -0.1) is 0 Å². The van der Waals surface area contributed by atoms with E-state index in [4.69, 9.17) is 4.74 Å². The van der Waals surface area contributed by atoms with E-state index in [1.165, 1.54) is 32.1 Å². The van der Waals surface area contributed by atoms with Crippen molar-refractivity contribution in [3.05, 3.63) is 0 Å². The van der Waals surface area contributed by atoms with Crippen LogP contribution in [0.15, 0.2) is 0 Å². The molecule has 2 aliphatic carbocycles. The fourth-order valence-electron chi connectivity index (χ4n) is 3.38. The summed E-state index contributed by atoms with van der Waals surface area (Å²) in [5.41, 5.74) is 1.65. The van der Waals surface area contributed by atoms with Gasteiger partial charge in [-0.2, -0.15) is 0 Å². The van der Waals surface area contributed by atoms with E-state index < -0.39 is 0 Å². The maximum absolute atomic E-state index is 5.41. The Morgan fingerprint density at radius 1 is 0.818 bits per heavy atom. The SMILES string of the molecule is C1CC2(C1)CC21CCOCC1. The lowest BCUT2D eigenvalue weighted by atomic mass is 9.72. The lowest BCUT2D eigenvalue weighted by Crippen LogP contribution is -2.27. The Kier molecular flexibility index (Phi) is 1.07. The molecule has 1 aliphatic heterocycles. The van der Waals surface area contributed by atoms with E-state index in [1.807, 2.05) is 0 Å². The zero-order valence-electron chi connectivity index (χ0n) is 7.07. The fraction of sp³-hybridized carbons (Fsp3) is 1.00. The summed E-state index contributed by atoms with van der Waals surface area (Å²) in [6.07, 6.45) is 8.85. The van der Waals surface area contributed by atoms with Crippen molar-refractivity contribution < 1.29 is 4.74 Å². The Bertz CT molecular complexity index is 170. The van der Waals surface area contributed by atoms with E-state index in [2.05, 4.69) is 0 Å². The molecule has 2 spiro atoms. The van der Waals surface area contributed by atoms with Crippen molar-refractivity contribution in [1.82, 2.24) is 0 Å². The molecule has 1 heteroatoms. The van der Waals surface area contributed by atoms with Crippen LogP contribution in [-0.2, 0) is 4.74 Å². The van der Waals surface area contributed by atoms with Crippen LogP contribution in [0.1, 0.15) is 38.5 Å². The summed E-state index contributed by atoms with van der Waals surface area (Å²) in [5, 5.41) is 0. The molecule has 3 aliphatic rings. The maximum atomic E-state index is 5.41. The number of rotatable bonds is 0. The van der Waals surface area contributed by atoms with Gasteiger partial charge < -0.3 is 4.74 Å². The highest BCUT2D eigenvalue weighted by Crippen LogP contribution is 2.77. The summed E-state index contributed by atoms with van der Waals surface area (Å²) in [6.45, 7) is 2.09. The van der Waals surface area contributed by atoms with Crippen molar-refractivity contribution in [3.8, 4) is 0 Å². The van der Waals surface area contributed by atoms with Gasteiger partial charge in [-0.05, 0) is 42.9 Å². The van der Waals surface area contributed by atoms with Gasteiger partial charge in [-0.25, -0.2) is 0 Å². The number of fused-ring (bicyclic) bond motifs is 1. The van der Waals surface area contributed by atoms with Crippen LogP contribution in [0.25, 0.3) is 0 Å². The topological polar surface area (TPSA) is 9.23 Å². The Hall–Kier alpha value is -0.0400. The molecule has 62 valence electrons. The second kappa shape index (κ2) is 1.82. The van der Waals surface area contributed by atoms with Crippen molar-refractivity contribution in [2.75, 3.05) is 13.2 Å². The summed E-state index contributed by atoms with van der Waals surface area (Å²) in [6, 6.07) is 0. The molecule has 0 radical (unpaired) electrons. The molecular weight excluding hydrogens is 136 g/mol. The van der Waals surface area contributed by atoms with Crippen LogP contribution < -0.4 is 0 Å². The molecule has 0 amide bonds. The standard InChI is InChI=1S/C10H16O/c1-2-9(3-1)8-10(9)4-6-11-7-5-10/h1-8H2. The van der Waals surface area contributed by atoms with Gasteiger partial charge in [0.15, 0.2) is 0 Å². The van der Waals surface area contributed by atoms with Crippen molar-refractivity contribution in [3.63, 3.8) is 0 Å². The van der Waals surface area contributed by atoms with Crippen LogP contribution in [0.3, 0.4) is 0 Å². The average Bonchev–Trinajstić information content (AvgIpc) is 2.60. The average molecular weight is 152 g/mol. The van der Waals surface area contributed by atoms with Gasteiger partial charge in [0.1, 0.15) is 0 Å². The Labute approximate surface area is 68.1 Å². The van der Waals surface area contributed by atoms with Crippen LogP contribution in [0, 0.1) is 10.8 Å². The predicted octanol–water partition coefficient (Wildman–Crippen LogP) is 2.36. The minimum absolute atomic E-state index is 0.795. The molecule has 3 fully saturated rings. The molecule has 0 aromatic heterocycles. The van der Waals surface area contributed by atoms with Crippen LogP contribution in [0.2, 0.25) is 0 Å². The molecule has 1 heterocycles. The van der Waals surface area contributed by atoms with Gasteiger partial charge >= 0.3 is 0 Å². The van der Waals surface area contributed by atoms with Gasteiger partial charge in [0.05, 0.1) is 0 Å². The maximum Gasteiger partial charge on any atom is 0.0471 e. The smallest absolute Gasteiger partial charge is 0.0471 e. The first kappa shape index (κ1) is 6.47. The molecule has 11 heavy (non-hydrogen) atoms. The highest BCUT2D eigenvalue weighted by molar-refractivity contribution is 5.18. The van der Waals surface area contributed by atoms with E-state index in [0.29, 0.717) is 0 Å². The third kappa shape index (κ3) is 0.658. The lowest BCUT2D eigenvalue weighted by Gasteiger charge is -2.35. The molecule has 3 rings (SSSR count). The Balaban J connectivity index is 1.77. The summed E-state index contributed by atoms with van der Waals surface area (Å²) >= 11 is 0. The highest BCUT2D eigenvalue weighted by atomic mass is 16.5. The first-order valence-corrected chi connectivity index (χ1v) is 4.95. The van der Waals surface area contributed by atoms with Gasteiger partial charge in [-0.3, -0.25) is 0 Å². The van der Waals surface area contributed by atoms with Crippen molar-refractivity contribution in [2.24, 2.45) is 10.8 Å². The fourth-order valence-corrected chi connectivity index (χ4v) is 3.38. The molecule has 0 bridgehead atoms. The molecule has 1 nitrogen and oxygen atoms in total. The van der Waals surface area contributed by atoms with Crippen LogP contribution in [-0.4, -0.2) is 13.2 Å². The molecule has 0 N–H and O–H groups in total. The molecule has 0 aromatic carbocycles. The molecule has 2 saturated carbocycles. The minimum atomic E-state index is 0.795. The number of ether oxygens (including phenoxy) is 1. The third-order valence-electron chi connectivity index (χ3n) is 4.44. The summed E-state index contributed by atoms with van der Waals surface area (Å²) in [4.78, 5) is 0. The zero-order chi connectivity index (χ0) is 7.36. The van der Waals surface area contributed by atoms with E-state index in [9.17, 15) is 0 Å². The van der Waals surface area contributed by atoms with Crippen molar-refractivity contribution in [1.29, 1.82) is 0 Å². The molecule has 0 atom stereocenters. The Morgan fingerprint density at radius 2 is 1.45 bits per heavy atom. The zero-order valence-corrected chi connectivity index (χ0v) is 7.07. The van der Waals surface area contributed by atoms with Gasteiger partial charge in [0.2, 0.25) is 0 Å². The summed E-state index contributed by atoms with van der Waals surface area (Å²) < 4.78 is 5.41. The Morgan fingerprint density at radius 3 is 1.91 bits per heavy atom. The third-order valence-corrected chi connectivity index (χ3v) is 4.44. The van der Waals surface area contributed by atoms with Gasteiger partial charge in [0.25, 0.3) is 0 Å². The summed E-state index contributed by atoms with van der Waals surface area (Å²) in [5.74, 6) is 0. The van der Waals surface area contributed by atoms with Crippen molar-refractivity contribution >= 4 is 0 Å². The van der Waals surface area contributed by atoms with E-state index in [0.717, 1.165) is 24.0 Å². The molecule has 1 saturated heterocycles. The minimum Gasteiger partial charge on any atom is -0.381 e. The number of hydrogen-bond donors (Lipinski definition) is 0. The van der Waals surface area contributed by atoms with E-state index in [1.54, 1.807) is 6.42 Å². The van der Waals surface area contributed by atoms with Crippen LogP contribution in [0.4, 0.5) is 0 Å². The monoisotopic (exact) mass is 152 g/mol. The predicted molar refractivity (Wildman–Crippen MR) is 43.4 cm³/mol. The van der Waals surface area contributed by atoms with Crippen LogP contribution in [0.5, 0.6) is 0 Å². The normalized spacial score (nSPS) is 37.1. The summed E-state index contributed by atoms with van der Waals surface area (Å²) in [7, 11) is 0. The molecular formula is C10H16O. The molecule has 0 aromatic rings. The highest BCUT2D eigenvalue weighted by Gasteiger charge is 2.68. The first-order chi connectivity index (χ1) is 5.37. The second-order valence-corrected chi connectivity index (χ2v) is 4.70. The second-order valence-electron chi connectivity index (χ2n) is 4.70. The van der Waals surface area contributed by atoms with Gasteiger partial charge in [0, 0.05) is 13.2 Å². The number of hydrogen-bond acceptors (Lipinski definition) is 1.